The van der Waals surface area contributed by atoms with E-state index in [1.807, 2.05) is 18.2 Å². The zero-order chi connectivity index (χ0) is 24.0. The van der Waals surface area contributed by atoms with Crippen LogP contribution in [0.4, 0.5) is 0 Å². The highest BCUT2D eigenvalue weighted by atomic mass is 16.6. The van der Waals surface area contributed by atoms with Crippen molar-refractivity contribution < 1.29 is 18.8 Å². The van der Waals surface area contributed by atoms with Crippen molar-refractivity contribution in [3.05, 3.63) is 40.4 Å². The van der Waals surface area contributed by atoms with Gasteiger partial charge in [0, 0.05) is 37.6 Å². The van der Waals surface area contributed by atoms with Gasteiger partial charge in [0.1, 0.15) is 25.0 Å². The molecular formula is C26H34N4O5. The van der Waals surface area contributed by atoms with Gasteiger partial charge in [-0.1, -0.05) is 16.4 Å². The van der Waals surface area contributed by atoms with Crippen molar-refractivity contribution in [2.75, 3.05) is 32.8 Å². The Labute approximate surface area is 205 Å². The number of fused-ring (bicyclic) bond motifs is 1. The quantitative estimate of drug-likeness (QED) is 0.301. The molecule has 3 heterocycles. The molecular weight excluding hydrogens is 448 g/mol. The number of nitroso groups, excluding NO2 is 1. The van der Waals surface area contributed by atoms with E-state index >= 15 is 0 Å². The Hall–Kier alpha value is -2.81. The second-order valence-electron chi connectivity index (χ2n) is 9.99. The molecule has 2 aliphatic heterocycles. The summed E-state index contributed by atoms with van der Waals surface area (Å²) in [6.07, 6.45) is 7.71. The summed E-state index contributed by atoms with van der Waals surface area (Å²) >= 11 is 0. The molecule has 0 radical (unpaired) electrons. The summed E-state index contributed by atoms with van der Waals surface area (Å²) in [6, 6.07) is 4.96. The van der Waals surface area contributed by atoms with Crippen LogP contribution in [-0.2, 0) is 11.2 Å². The summed E-state index contributed by atoms with van der Waals surface area (Å²) in [5.41, 5.74) is 0.782. The van der Waals surface area contributed by atoms with Crippen LogP contribution in [-0.4, -0.2) is 53.7 Å². The van der Waals surface area contributed by atoms with E-state index in [4.69, 9.17) is 14.0 Å². The molecule has 5 rings (SSSR count). The highest BCUT2D eigenvalue weighted by Crippen LogP contribution is 2.39. The van der Waals surface area contributed by atoms with Crippen LogP contribution in [0, 0.1) is 10.8 Å². The summed E-state index contributed by atoms with van der Waals surface area (Å²) < 4.78 is 16.7. The molecule has 3 aliphatic rings. The number of aromatic nitrogens is 2. The van der Waals surface area contributed by atoms with E-state index in [9.17, 15) is 9.70 Å². The van der Waals surface area contributed by atoms with E-state index in [1.54, 1.807) is 0 Å². The lowest BCUT2D eigenvalue weighted by Crippen LogP contribution is -2.31. The predicted octanol–water partition coefficient (Wildman–Crippen LogP) is 4.61. The fraction of sp³-hybridized carbons (Fsp3) is 0.654. The van der Waals surface area contributed by atoms with Crippen LogP contribution in [0.2, 0.25) is 0 Å². The van der Waals surface area contributed by atoms with E-state index in [0.717, 1.165) is 63.0 Å². The number of carbonyl (C=O) groups excluding carboxylic acids is 1. The van der Waals surface area contributed by atoms with Crippen LogP contribution in [0.5, 0.6) is 11.5 Å². The molecule has 2 fully saturated rings. The van der Waals surface area contributed by atoms with Gasteiger partial charge < -0.3 is 18.9 Å². The number of nitrogens with zero attached hydrogens (tertiary/aromatic N) is 4. The number of Topliss-reactive ketones (excluding diaryl/α,β-unsaturated/α-hetero) is 1. The Bertz CT molecular complexity index is 1010. The number of hydrogen-bond acceptors (Lipinski definition) is 9. The molecule has 1 unspecified atom stereocenters. The van der Waals surface area contributed by atoms with Crippen molar-refractivity contribution in [3.63, 3.8) is 0 Å². The Morgan fingerprint density at radius 2 is 1.91 bits per heavy atom. The predicted molar refractivity (Wildman–Crippen MR) is 129 cm³/mol. The van der Waals surface area contributed by atoms with E-state index in [-0.39, 0.29) is 11.7 Å². The highest BCUT2D eigenvalue weighted by Gasteiger charge is 2.31. The van der Waals surface area contributed by atoms with Crippen molar-refractivity contribution in [2.24, 2.45) is 11.1 Å². The van der Waals surface area contributed by atoms with Gasteiger partial charge >= 0.3 is 0 Å². The number of ketones is 1. The minimum atomic E-state index is -0.602. The molecule has 2 aromatic rings. The van der Waals surface area contributed by atoms with E-state index in [2.05, 4.69) is 20.2 Å². The number of benzene rings is 1. The molecule has 0 amide bonds. The van der Waals surface area contributed by atoms with Gasteiger partial charge in [-0.2, -0.15) is 9.89 Å². The lowest BCUT2D eigenvalue weighted by molar-refractivity contribution is -0.120. The molecule has 0 spiro atoms. The second kappa shape index (κ2) is 11.3. The first-order chi connectivity index (χ1) is 17.2. The van der Waals surface area contributed by atoms with Crippen LogP contribution in [0.15, 0.2) is 27.9 Å². The van der Waals surface area contributed by atoms with Crippen LogP contribution in [0.25, 0.3) is 0 Å². The third-order valence-electron chi connectivity index (χ3n) is 7.17. The monoisotopic (exact) mass is 482 g/mol. The number of likely N-dealkylation sites (tertiary alicyclic amines) is 1. The third-order valence-corrected chi connectivity index (χ3v) is 7.17. The van der Waals surface area contributed by atoms with Crippen molar-refractivity contribution in [1.29, 1.82) is 0 Å². The fourth-order valence-electron chi connectivity index (χ4n) is 5.11. The maximum absolute atomic E-state index is 13.0. The van der Waals surface area contributed by atoms with Crippen molar-refractivity contribution in [2.45, 2.75) is 69.7 Å². The molecule has 188 valence electrons. The molecule has 9 heteroatoms. The fourth-order valence-corrected chi connectivity index (χ4v) is 5.11. The minimum Gasteiger partial charge on any atom is -0.486 e. The normalized spacial score (nSPS) is 19.4. The number of ether oxygens (including phenoxy) is 2. The number of rotatable bonds is 13. The zero-order valence-corrected chi connectivity index (χ0v) is 20.2. The molecule has 1 aromatic carbocycles. The number of aryl methyl sites for hydroxylation is 1. The molecule has 1 saturated carbocycles. The van der Waals surface area contributed by atoms with Crippen LogP contribution >= 0.6 is 0 Å². The number of hydrogen-bond donors (Lipinski definition) is 0. The van der Waals surface area contributed by atoms with Gasteiger partial charge in [-0.15, -0.1) is 0 Å². The Kier molecular flexibility index (Phi) is 7.71. The highest BCUT2D eigenvalue weighted by molar-refractivity contribution is 5.78. The van der Waals surface area contributed by atoms with Crippen LogP contribution in [0.3, 0.4) is 0 Å². The Balaban J connectivity index is 1.18. The summed E-state index contributed by atoms with van der Waals surface area (Å²) in [5.74, 6) is 3.29. The zero-order valence-electron chi connectivity index (χ0n) is 20.2. The van der Waals surface area contributed by atoms with Gasteiger partial charge in [0.2, 0.25) is 5.89 Å². The first kappa shape index (κ1) is 23.9. The SMILES string of the molecule is O=NC(c1ccc2c(c1)OCCO2)[C@H](CC(=O)CCCCc1nc(C2CC2)no1)CN1CCCC1. The van der Waals surface area contributed by atoms with Crippen molar-refractivity contribution in [3.8, 4) is 11.5 Å². The molecule has 0 N–H and O–H groups in total. The summed E-state index contributed by atoms with van der Waals surface area (Å²) in [6.45, 7) is 3.70. The van der Waals surface area contributed by atoms with Gasteiger partial charge in [-0.3, -0.25) is 4.79 Å². The third kappa shape index (κ3) is 6.25. The maximum Gasteiger partial charge on any atom is 0.226 e. The Morgan fingerprint density at radius 3 is 2.69 bits per heavy atom. The van der Waals surface area contributed by atoms with Gasteiger partial charge in [-0.25, -0.2) is 0 Å². The average molecular weight is 483 g/mol. The van der Waals surface area contributed by atoms with E-state index in [1.165, 1.54) is 0 Å². The molecule has 0 bridgehead atoms. The van der Waals surface area contributed by atoms with Crippen molar-refractivity contribution in [1.82, 2.24) is 15.0 Å². The summed E-state index contributed by atoms with van der Waals surface area (Å²) in [4.78, 5) is 31.8. The topological polar surface area (TPSA) is 107 Å². The molecule has 1 saturated heterocycles. The molecule has 1 aliphatic carbocycles. The van der Waals surface area contributed by atoms with Crippen molar-refractivity contribution >= 4 is 5.78 Å². The van der Waals surface area contributed by atoms with E-state index in [0.29, 0.717) is 62.3 Å². The minimum absolute atomic E-state index is 0.169. The lowest BCUT2D eigenvalue weighted by Gasteiger charge is -2.27. The second-order valence-corrected chi connectivity index (χ2v) is 9.99. The maximum atomic E-state index is 13.0. The van der Waals surface area contributed by atoms with E-state index < -0.39 is 6.04 Å². The summed E-state index contributed by atoms with van der Waals surface area (Å²) in [7, 11) is 0. The van der Waals surface area contributed by atoms with Gasteiger partial charge in [-0.05, 0) is 69.3 Å². The average Bonchev–Trinajstić information content (AvgIpc) is 3.39. The first-order valence-electron chi connectivity index (χ1n) is 13.0. The molecule has 35 heavy (non-hydrogen) atoms. The molecule has 1 aromatic heterocycles. The van der Waals surface area contributed by atoms with Crippen LogP contribution < -0.4 is 9.47 Å². The molecule has 2 atom stereocenters. The largest absolute Gasteiger partial charge is 0.486 e. The van der Waals surface area contributed by atoms with Gasteiger partial charge in [0.05, 0.1) is 0 Å². The first-order valence-corrected chi connectivity index (χ1v) is 13.0. The molecule has 9 nitrogen and oxygen atoms in total. The lowest BCUT2D eigenvalue weighted by atomic mass is 9.87. The Morgan fingerprint density at radius 1 is 1.11 bits per heavy atom. The van der Waals surface area contributed by atoms with Gasteiger partial charge in [0.25, 0.3) is 0 Å². The number of unbranched alkanes of at least 4 members (excludes halogenated alkanes) is 1. The number of carbonyl (C=O) groups is 1. The van der Waals surface area contributed by atoms with Gasteiger partial charge in [0.15, 0.2) is 17.3 Å². The van der Waals surface area contributed by atoms with Crippen LogP contribution in [0.1, 0.15) is 80.6 Å². The standard InChI is InChI=1S/C26H34N4O5/c31-21(5-1-2-6-24-27-26(29-35-24)18-7-8-18)15-20(17-30-11-3-4-12-30)25(28-32)19-9-10-22-23(16-19)34-14-13-33-22/h9-10,16,18,20,25H,1-8,11-15,17H2/t20-,25?/m1/s1. The smallest absolute Gasteiger partial charge is 0.226 e. The summed E-state index contributed by atoms with van der Waals surface area (Å²) in [5, 5.41) is 7.56.